The summed E-state index contributed by atoms with van der Waals surface area (Å²) in [5, 5.41) is 3.47. The van der Waals surface area contributed by atoms with Gasteiger partial charge in [-0.3, -0.25) is 4.79 Å². The van der Waals surface area contributed by atoms with Crippen LogP contribution >= 0.6 is 0 Å². The van der Waals surface area contributed by atoms with E-state index in [9.17, 15) is 9.18 Å². The number of amides is 1. The molecule has 0 spiro atoms. The Bertz CT molecular complexity index is 446. The molecule has 1 aliphatic heterocycles. The highest BCUT2D eigenvalue weighted by molar-refractivity contribution is 5.94. The van der Waals surface area contributed by atoms with Gasteiger partial charge in [-0.2, -0.15) is 0 Å². The average molecular weight is 248 g/mol. The number of halogens is 1. The molecule has 1 heterocycles. The Morgan fingerprint density at radius 2 is 2.06 bits per heavy atom. The minimum absolute atomic E-state index is 0.0356. The number of nitrogens with one attached hydrogen (secondary N) is 1. The molecule has 1 saturated carbocycles. The first-order chi connectivity index (χ1) is 8.75. The van der Waals surface area contributed by atoms with Crippen LogP contribution in [0.5, 0.6) is 0 Å². The number of hydrogen-bond donors (Lipinski definition) is 1. The number of rotatable bonds is 1. The van der Waals surface area contributed by atoms with Crippen LogP contribution in [0.4, 0.5) is 4.39 Å². The van der Waals surface area contributed by atoms with E-state index in [1.54, 1.807) is 12.1 Å². The highest BCUT2D eigenvalue weighted by Gasteiger charge is 2.37. The largest absolute Gasteiger partial charge is 0.333 e. The average Bonchev–Trinajstić information content (AvgIpc) is 2.87. The lowest BCUT2D eigenvalue weighted by Gasteiger charge is -2.38. The number of hydrogen-bond acceptors (Lipinski definition) is 2. The summed E-state index contributed by atoms with van der Waals surface area (Å²) in [6, 6.07) is 6.61. The number of fused-ring (bicyclic) bond motifs is 1. The van der Waals surface area contributed by atoms with Crippen LogP contribution in [0.3, 0.4) is 0 Å². The molecule has 1 aliphatic carbocycles. The predicted molar refractivity (Wildman–Crippen MR) is 66.9 cm³/mol. The van der Waals surface area contributed by atoms with E-state index in [0.29, 0.717) is 17.6 Å². The van der Waals surface area contributed by atoms with Gasteiger partial charge in [0.2, 0.25) is 0 Å². The van der Waals surface area contributed by atoms with Gasteiger partial charge in [0.1, 0.15) is 5.82 Å². The molecule has 18 heavy (non-hydrogen) atoms. The molecule has 1 aromatic rings. The second-order valence-corrected chi connectivity index (χ2v) is 5.06. The predicted octanol–water partition coefficient (Wildman–Crippen LogP) is 1.79. The SMILES string of the molecule is O=C(c1ccc(F)cc1)N1CCNC2CCCC21. The van der Waals surface area contributed by atoms with Crippen molar-refractivity contribution in [1.29, 1.82) is 0 Å². The van der Waals surface area contributed by atoms with Gasteiger partial charge in [-0.25, -0.2) is 4.39 Å². The zero-order valence-electron chi connectivity index (χ0n) is 10.2. The van der Waals surface area contributed by atoms with E-state index in [1.165, 1.54) is 18.6 Å². The molecule has 0 radical (unpaired) electrons. The van der Waals surface area contributed by atoms with E-state index in [1.807, 2.05) is 4.90 Å². The topological polar surface area (TPSA) is 32.3 Å². The second-order valence-electron chi connectivity index (χ2n) is 5.06. The normalized spacial score (nSPS) is 27.1. The summed E-state index contributed by atoms with van der Waals surface area (Å²) in [7, 11) is 0. The number of nitrogens with zero attached hydrogens (tertiary/aromatic N) is 1. The molecule has 0 bridgehead atoms. The maximum Gasteiger partial charge on any atom is 0.254 e. The fourth-order valence-electron chi connectivity index (χ4n) is 3.10. The fourth-order valence-corrected chi connectivity index (χ4v) is 3.10. The minimum atomic E-state index is -0.300. The molecule has 0 aromatic heterocycles. The number of benzene rings is 1. The van der Waals surface area contributed by atoms with E-state index in [2.05, 4.69) is 5.32 Å². The molecule has 2 fully saturated rings. The zero-order chi connectivity index (χ0) is 12.5. The first-order valence-electron chi connectivity index (χ1n) is 6.55. The first-order valence-corrected chi connectivity index (χ1v) is 6.55. The Morgan fingerprint density at radius 1 is 1.28 bits per heavy atom. The van der Waals surface area contributed by atoms with Crippen LogP contribution in [0, 0.1) is 5.82 Å². The number of carbonyl (C=O) groups is 1. The summed E-state index contributed by atoms with van der Waals surface area (Å²) in [6.45, 7) is 1.60. The fraction of sp³-hybridized carbons (Fsp3) is 0.500. The van der Waals surface area contributed by atoms with Crippen LogP contribution in [0.15, 0.2) is 24.3 Å². The molecule has 1 aromatic carbocycles. The summed E-state index contributed by atoms with van der Waals surface area (Å²) >= 11 is 0. The van der Waals surface area contributed by atoms with Gasteiger partial charge in [-0.05, 0) is 43.5 Å². The van der Waals surface area contributed by atoms with Gasteiger partial charge in [0.15, 0.2) is 0 Å². The Kier molecular flexibility index (Phi) is 3.04. The molecule has 1 amide bonds. The Hall–Kier alpha value is -1.42. The standard InChI is InChI=1S/C14H17FN2O/c15-11-6-4-10(5-7-11)14(18)17-9-8-16-12-2-1-3-13(12)17/h4-7,12-13,16H,1-3,8-9H2. The summed E-state index contributed by atoms with van der Waals surface area (Å²) < 4.78 is 12.9. The molecule has 3 nitrogen and oxygen atoms in total. The van der Waals surface area contributed by atoms with Gasteiger partial charge in [0, 0.05) is 30.7 Å². The van der Waals surface area contributed by atoms with Crippen molar-refractivity contribution in [2.75, 3.05) is 13.1 Å². The van der Waals surface area contributed by atoms with Crippen molar-refractivity contribution >= 4 is 5.91 Å². The summed E-state index contributed by atoms with van der Waals surface area (Å²) in [6.07, 6.45) is 3.40. The molecule has 3 rings (SSSR count). The van der Waals surface area contributed by atoms with Crippen LogP contribution in [0.1, 0.15) is 29.6 Å². The van der Waals surface area contributed by atoms with Gasteiger partial charge in [0.25, 0.3) is 5.91 Å². The molecule has 2 aliphatic rings. The van der Waals surface area contributed by atoms with Gasteiger partial charge in [0.05, 0.1) is 0 Å². The quantitative estimate of drug-likeness (QED) is 0.822. The third-order valence-electron chi connectivity index (χ3n) is 3.99. The van der Waals surface area contributed by atoms with Gasteiger partial charge < -0.3 is 10.2 Å². The van der Waals surface area contributed by atoms with Gasteiger partial charge >= 0.3 is 0 Å². The van der Waals surface area contributed by atoms with Gasteiger partial charge in [-0.1, -0.05) is 0 Å². The zero-order valence-corrected chi connectivity index (χ0v) is 10.2. The Balaban J connectivity index is 1.81. The van der Waals surface area contributed by atoms with Crippen molar-refractivity contribution < 1.29 is 9.18 Å². The molecular formula is C14H17FN2O. The summed E-state index contributed by atoms with van der Waals surface area (Å²) in [5.74, 6) is -0.265. The Morgan fingerprint density at radius 3 is 2.83 bits per heavy atom. The minimum Gasteiger partial charge on any atom is -0.333 e. The van der Waals surface area contributed by atoms with Crippen LogP contribution in [0.25, 0.3) is 0 Å². The van der Waals surface area contributed by atoms with E-state index >= 15 is 0 Å². The highest BCUT2D eigenvalue weighted by Crippen LogP contribution is 2.27. The number of carbonyl (C=O) groups excluding carboxylic acids is 1. The maximum absolute atomic E-state index is 12.9. The Labute approximate surface area is 106 Å². The van der Waals surface area contributed by atoms with Crippen LogP contribution in [0.2, 0.25) is 0 Å². The lowest BCUT2D eigenvalue weighted by atomic mass is 10.1. The van der Waals surface area contributed by atoms with Crippen LogP contribution in [-0.4, -0.2) is 36.0 Å². The van der Waals surface area contributed by atoms with Gasteiger partial charge in [-0.15, -0.1) is 0 Å². The molecular weight excluding hydrogens is 231 g/mol. The smallest absolute Gasteiger partial charge is 0.254 e. The highest BCUT2D eigenvalue weighted by atomic mass is 19.1. The van der Waals surface area contributed by atoms with Crippen molar-refractivity contribution in [3.8, 4) is 0 Å². The monoisotopic (exact) mass is 248 g/mol. The van der Waals surface area contributed by atoms with Crippen molar-refractivity contribution in [1.82, 2.24) is 10.2 Å². The number of piperazine rings is 1. The van der Waals surface area contributed by atoms with Crippen molar-refractivity contribution in [3.63, 3.8) is 0 Å². The van der Waals surface area contributed by atoms with Crippen molar-refractivity contribution in [2.45, 2.75) is 31.3 Å². The van der Waals surface area contributed by atoms with Crippen LogP contribution in [-0.2, 0) is 0 Å². The van der Waals surface area contributed by atoms with E-state index in [-0.39, 0.29) is 11.7 Å². The lowest BCUT2D eigenvalue weighted by molar-refractivity contribution is 0.0599. The van der Waals surface area contributed by atoms with Crippen LogP contribution < -0.4 is 5.32 Å². The lowest BCUT2D eigenvalue weighted by Crippen LogP contribution is -2.57. The van der Waals surface area contributed by atoms with E-state index in [0.717, 1.165) is 25.9 Å². The molecule has 2 unspecified atom stereocenters. The summed E-state index contributed by atoms with van der Waals surface area (Å²) in [4.78, 5) is 14.4. The molecule has 2 atom stereocenters. The van der Waals surface area contributed by atoms with E-state index in [4.69, 9.17) is 0 Å². The third-order valence-corrected chi connectivity index (χ3v) is 3.99. The summed E-state index contributed by atoms with van der Waals surface area (Å²) in [5.41, 5.74) is 0.587. The van der Waals surface area contributed by atoms with Crippen molar-refractivity contribution in [2.24, 2.45) is 0 Å². The second kappa shape index (κ2) is 4.69. The molecule has 1 N–H and O–H groups in total. The molecule has 1 saturated heterocycles. The molecule has 4 heteroatoms. The first kappa shape index (κ1) is 11.7. The van der Waals surface area contributed by atoms with Crippen molar-refractivity contribution in [3.05, 3.63) is 35.6 Å². The maximum atomic E-state index is 12.9. The van der Waals surface area contributed by atoms with E-state index < -0.39 is 0 Å². The third kappa shape index (κ3) is 2.01. The molecule has 96 valence electrons.